The minimum Gasteiger partial charge on any atom is -0.258 e. The number of aromatic nitrogens is 3. The molecule has 0 saturated heterocycles. The second-order valence-electron chi connectivity index (χ2n) is 3.41. The molecule has 0 unspecified atom stereocenters. The maximum absolute atomic E-state index is 10.8. The average Bonchev–Trinajstić information content (AvgIpc) is 2.64. The molecule has 0 spiro atoms. The molecule has 2 aromatic rings. The van der Waals surface area contributed by atoms with E-state index in [0.29, 0.717) is 17.1 Å². The minimum atomic E-state index is -0.400. The molecule has 1 aromatic carbocycles. The summed E-state index contributed by atoms with van der Waals surface area (Å²) in [5.41, 5.74) is 1.35. The van der Waals surface area contributed by atoms with Gasteiger partial charge in [0.1, 0.15) is 12.2 Å². The lowest BCUT2D eigenvalue weighted by molar-refractivity contribution is -0.385. The normalized spacial score (nSPS) is 10.4. The van der Waals surface area contributed by atoms with Gasteiger partial charge in [0.25, 0.3) is 5.69 Å². The number of benzene rings is 1. The smallest absolute Gasteiger partial charge is 0.258 e. The number of hydrogen-bond donors (Lipinski definition) is 0. The van der Waals surface area contributed by atoms with Crippen LogP contribution in [0.5, 0.6) is 0 Å². The molecule has 6 heteroatoms. The van der Waals surface area contributed by atoms with Gasteiger partial charge in [-0.25, -0.2) is 9.67 Å². The second-order valence-corrected chi connectivity index (χ2v) is 3.41. The van der Waals surface area contributed by atoms with Crippen molar-refractivity contribution in [2.75, 3.05) is 0 Å². The van der Waals surface area contributed by atoms with Gasteiger partial charge in [0.2, 0.25) is 0 Å². The highest BCUT2D eigenvalue weighted by molar-refractivity contribution is 5.52. The first-order valence-electron chi connectivity index (χ1n) is 4.72. The van der Waals surface area contributed by atoms with Crippen molar-refractivity contribution < 1.29 is 4.92 Å². The van der Waals surface area contributed by atoms with Crippen LogP contribution in [0.15, 0.2) is 24.5 Å². The number of hydrogen-bond acceptors (Lipinski definition) is 4. The molecule has 2 rings (SSSR count). The van der Waals surface area contributed by atoms with Gasteiger partial charge in [-0.15, -0.1) is 0 Å². The molecule has 1 heterocycles. The van der Waals surface area contributed by atoms with Gasteiger partial charge in [0, 0.05) is 6.07 Å². The van der Waals surface area contributed by atoms with Gasteiger partial charge in [0.05, 0.1) is 16.2 Å². The fraction of sp³-hybridized carbons (Fsp3) is 0.200. The van der Waals surface area contributed by atoms with Crippen LogP contribution in [0.2, 0.25) is 0 Å². The lowest BCUT2D eigenvalue weighted by Crippen LogP contribution is -2.01. The Morgan fingerprint density at radius 1 is 1.38 bits per heavy atom. The van der Waals surface area contributed by atoms with E-state index in [0.717, 1.165) is 0 Å². The highest BCUT2D eigenvalue weighted by Crippen LogP contribution is 2.23. The van der Waals surface area contributed by atoms with Crippen LogP contribution in [0.4, 0.5) is 5.69 Å². The molecule has 16 heavy (non-hydrogen) atoms. The van der Waals surface area contributed by atoms with Crippen LogP contribution in [0, 0.1) is 24.0 Å². The van der Waals surface area contributed by atoms with Crippen LogP contribution < -0.4 is 0 Å². The average molecular weight is 218 g/mol. The number of nitro benzene ring substituents is 1. The Kier molecular flexibility index (Phi) is 2.40. The number of rotatable bonds is 2. The maximum atomic E-state index is 10.8. The molecule has 0 amide bonds. The lowest BCUT2D eigenvalue weighted by Gasteiger charge is -2.04. The highest BCUT2D eigenvalue weighted by atomic mass is 16.6. The SMILES string of the molecule is Cc1ncn(-c2cccc([N+](=O)[O-])c2C)n1. The van der Waals surface area contributed by atoms with Gasteiger partial charge in [-0.05, 0) is 19.9 Å². The summed E-state index contributed by atoms with van der Waals surface area (Å²) in [5, 5.41) is 14.9. The van der Waals surface area contributed by atoms with Crippen molar-refractivity contribution in [3.05, 3.63) is 46.0 Å². The van der Waals surface area contributed by atoms with Crippen molar-refractivity contribution in [1.29, 1.82) is 0 Å². The van der Waals surface area contributed by atoms with Crippen molar-refractivity contribution in [3.8, 4) is 5.69 Å². The Balaban J connectivity index is 2.58. The molecule has 0 aliphatic carbocycles. The van der Waals surface area contributed by atoms with E-state index in [1.54, 1.807) is 32.3 Å². The van der Waals surface area contributed by atoms with E-state index in [-0.39, 0.29) is 5.69 Å². The highest BCUT2D eigenvalue weighted by Gasteiger charge is 2.14. The van der Waals surface area contributed by atoms with Gasteiger partial charge in [-0.3, -0.25) is 10.1 Å². The van der Waals surface area contributed by atoms with Crippen molar-refractivity contribution in [2.45, 2.75) is 13.8 Å². The molecular weight excluding hydrogens is 208 g/mol. The molecule has 0 aliphatic rings. The standard InChI is InChI=1S/C10H10N4O2/c1-7-9(13-6-11-8(2)12-13)4-3-5-10(7)14(15)16/h3-6H,1-2H3. The summed E-state index contributed by atoms with van der Waals surface area (Å²) in [5.74, 6) is 0.630. The summed E-state index contributed by atoms with van der Waals surface area (Å²) >= 11 is 0. The Bertz CT molecular complexity index is 548. The van der Waals surface area contributed by atoms with Crippen molar-refractivity contribution >= 4 is 5.69 Å². The van der Waals surface area contributed by atoms with Gasteiger partial charge >= 0.3 is 0 Å². The van der Waals surface area contributed by atoms with Crippen molar-refractivity contribution in [2.24, 2.45) is 0 Å². The molecule has 0 N–H and O–H groups in total. The predicted octanol–water partition coefficient (Wildman–Crippen LogP) is 1.79. The first-order chi connectivity index (χ1) is 7.59. The first kappa shape index (κ1) is 10.3. The molecule has 0 saturated carbocycles. The van der Waals surface area contributed by atoms with E-state index < -0.39 is 4.92 Å². The second kappa shape index (κ2) is 3.73. The van der Waals surface area contributed by atoms with E-state index in [1.165, 1.54) is 10.7 Å². The zero-order chi connectivity index (χ0) is 11.7. The molecule has 1 aromatic heterocycles. The third-order valence-electron chi connectivity index (χ3n) is 2.33. The molecule has 82 valence electrons. The Morgan fingerprint density at radius 3 is 2.69 bits per heavy atom. The first-order valence-corrected chi connectivity index (χ1v) is 4.72. The van der Waals surface area contributed by atoms with Crippen LogP contribution in [0.1, 0.15) is 11.4 Å². The van der Waals surface area contributed by atoms with Crippen LogP contribution in [-0.4, -0.2) is 19.7 Å². The summed E-state index contributed by atoms with van der Waals surface area (Å²) in [4.78, 5) is 14.4. The Hall–Kier alpha value is -2.24. The van der Waals surface area contributed by atoms with E-state index in [1.807, 2.05) is 0 Å². The van der Waals surface area contributed by atoms with E-state index in [2.05, 4.69) is 10.1 Å². The third kappa shape index (κ3) is 1.65. The van der Waals surface area contributed by atoms with Gasteiger partial charge in [0.15, 0.2) is 0 Å². The zero-order valence-corrected chi connectivity index (χ0v) is 8.91. The number of nitrogens with zero attached hydrogens (tertiary/aromatic N) is 4. The Labute approximate surface area is 91.7 Å². The third-order valence-corrected chi connectivity index (χ3v) is 2.33. The predicted molar refractivity (Wildman–Crippen MR) is 57.5 cm³/mol. The summed E-state index contributed by atoms with van der Waals surface area (Å²) in [7, 11) is 0. The van der Waals surface area contributed by atoms with Crippen LogP contribution in [0.25, 0.3) is 5.69 Å². The van der Waals surface area contributed by atoms with Crippen LogP contribution >= 0.6 is 0 Å². The fourth-order valence-electron chi connectivity index (χ4n) is 1.52. The quantitative estimate of drug-likeness (QED) is 0.569. The van der Waals surface area contributed by atoms with Gasteiger partial charge in [-0.1, -0.05) is 6.07 Å². The fourth-order valence-corrected chi connectivity index (χ4v) is 1.52. The zero-order valence-electron chi connectivity index (χ0n) is 8.91. The van der Waals surface area contributed by atoms with Gasteiger partial charge < -0.3 is 0 Å². The maximum Gasteiger partial charge on any atom is 0.274 e. The molecule has 0 aliphatic heterocycles. The minimum absolute atomic E-state index is 0.0886. The molecule has 6 nitrogen and oxygen atoms in total. The van der Waals surface area contributed by atoms with Gasteiger partial charge in [-0.2, -0.15) is 5.10 Å². The number of aryl methyl sites for hydroxylation is 1. The van der Waals surface area contributed by atoms with Crippen molar-refractivity contribution in [1.82, 2.24) is 14.8 Å². The summed E-state index contributed by atoms with van der Waals surface area (Å²) < 4.78 is 1.54. The molecule has 0 fully saturated rings. The summed E-state index contributed by atoms with van der Waals surface area (Å²) in [6.07, 6.45) is 1.54. The molecular formula is C10H10N4O2. The number of nitro groups is 1. The van der Waals surface area contributed by atoms with Crippen molar-refractivity contribution in [3.63, 3.8) is 0 Å². The largest absolute Gasteiger partial charge is 0.274 e. The lowest BCUT2D eigenvalue weighted by atomic mass is 10.1. The Morgan fingerprint density at radius 2 is 2.12 bits per heavy atom. The van der Waals surface area contributed by atoms with E-state index >= 15 is 0 Å². The van der Waals surface area contributed by atoms with E-state index in [4.69, 9.17) is 0 Å². The van der Waals surface area contributed by atoms with E-state index in [9.17, 15) is 10.1 Å². The molecule has 0 atom stereocenters. The summed E-state index contributed by atoms with van der Waals surface area (Å²) in [6, 6.07) is 4.89. The topological polar surface area (TPSA) is 73.8 Å². The summed E-state index contributed by atoms with van der Waals surface area (Å²) in [6.45, 7) is 3.47. The van der Waals surface area contributed by atoms with Crippen LogP contribution in [0.3, 0.4) is 0 Å². The van der Waals surface area contributed by atoms with Crippen LogP contribution in [-0.2, 0) is 0 Å². The molecule has 0 radical (unpaired) electrons. The monoisotopic (exact) mass is 218 g/mol. The molecule has 0 bridgehead atoms.